The predicted octanol–water partition coefficient (Wildman–Crippen LogP) is 3.71. The predicted molar refractivity (Wildman–Crippen MR) is 98.2 cm³/mol. The minimum absolute atomic E-state index is 0.0964. The molecule has 0 aromatic heterocycles. The maximum absolute atomic E-state index is 13.0. The van der Waals surface area contributed by atoms with Crippen molar-refractivity contribution in [1.82, 2.24) is 4.90 Å². The molecule has 4 aliphatic carbocycles. The van der Waals surface area contributed by atoms with Gasteiger partial charge in [0.05, 0.1) is 0 Å². The normalized spacial score (nSPS) is 32.3. The van der Waals surface area contributed by atoms with E-state index in [4.69, 9.17) is 0 Å². The quantitative estimate of drug-likeness (QED) is 0.851. The highest BCUT2D eigenvalue weighted by molar-refractivity contribution is 5.99. The highest BCUT2D eigenvalue weighted by Gasteiger charge is 2.50. The number of nitrogens with zero attached hydrogens (tertiary/aromatic N) is 1. The van der Waals surface area contributed by atoms with Crippen molar-refractivity contribution in [3.8, 4) is 0 Å². The second kappa shape index (κ2) is 6.32. The molecule has 0 aliphatic heterocycles. The Kier molecular flexibility index (Phi) is 4.14. The van der Waals surface area contributed by atoms with Crippen LogP contribution in [0.3, 0.4) is 0 Å². The fraction of sp³-hybridized carbons (Fsp3) is 0.524. The maximum Gasteiger partial charge on any atom is 0.253 e. The number of rotatable bonds is 4. The summed E-state index contributed by atoms with van der Waals surface area (Å²) in [7, 11) is 1.97. The summed E-state index contributed by atoms with van der Waals surface area (Å²) in [6.07, 6.45) is 7.89. The molecule has 0 spiro atoms. The molecule has 4 fully saturated rings. The van der Waals surface area contributed by atoms with Crippen LogP contribution in [0.25, 0.3) is 0 Å². The summed E-state index contributed by atoms with van der Waals surface area (Å²) in [6.45, 7) is 3.44. The third kappa shape index (κ3) is 2.99. The smallest absolute Gasteiger partial charge is 0.253 e. The molecule has 4 aliphatic rings. The number of hydrogen-bond donors (Lipinski definition) is 1. The Morgan fingerprint density at radius 3 is 2.12 bits per heavy atom. The van der Waals surface area contributed by atoms with Crippen LogP contribution in [0.4, 0.5) is 5.69 Å². The summed E-state index contributed by atoms with van der Waals surface area (Å²) in [5.74, 6) is 3.06. The summed E-state index contributed by atoms with van der Waals surface area (Å²) < 4.78 is 0. The highest BCUT2D eigenvalue weighted by Crippen LogP contribution is 2.55. The van der Waals surface area contributed by atoms with Crippen LogP contribution in [0.1, 0.15) is 42.5 Å². The monoisotopic (exact) mass is 338 g/mol. The largest absolute Gasteiger partial charge is 0.338 e. The number of hydrogen-bond acceptors (Lipinski definition) is 2. The molecule has 0 unspecified atom stereocenters. The van der Waals surface area contributed by atoms with Gasteiger partial charge >= 0.3 is 0 Å². The third-order valence-electron chi connectivity index (χ3n) is 6.53. The minimum atomic E-state index is -0.246. The van der Waals surface area contributed by atoms with Crippen molar-refractivity contribution in [2.24, 2.45) is 23.7 Å². The molecule has 1 aromatic rings. The second-order valence-corrected chi connectivity index (χ2v) is 8.11. The molecular formula is C21H26N2O2. The summed E-state index contributed by atoms with van der Waals surface area (Å²) in [5.41, 5.74) is 1.37. The van der Waals surface area contributed by atoms with Crippen LogP contribution in [-0.2, 0) is 4.79 Å². The van der Waals surface area contributed by atoms with E-state index in [1.807, 2.05) is 11.9 Å². The van der Waals surface area contributed by atoms with E-state index in [0.717, 1.165) is 11.8 Å². The van der Waals surface area contributed by atoms with Gasteiger partial charge in [-0.3, -0.25) is 9.59 Å². The zero-order chi connectivity index (χ0) is 17.6. The first-order valence-corrected chi connectivity index (χ1v) is 9.35. The van der Waals surface area contributed by atoms with Crippen LogP contribution < -0.4 is 5.32 Å². The fourth-order valence-electron chi connectivity index (χ4n) is 5.76. The molecule has 132 valence electrons. The van der Waals surface area contributed by atoms with Crippen molar-refractivity contribution in [2.45, 2.75) is 38.1 Å². The summed E-state index contributed by atoms with van der Waals surface area (Å²) in [4.78, 5) is 26.3. The minimum Gasteiger partial charge on any atom is -0.338 e. The Hall–Kier alpha value is -2.10. The average molecular weight is 338 g/mol. The first-order valence-electron chi connectivity index (χ1n) is 9.35. The van der Waals surface area contributed by atoms with Crippen LogP contribution in [0.15, 0.2) is 36.9 Å². The summed E-state index contributed by atoms with van der Waals surface area (Å²) in [6, 6.07) is 7.56. The Labute approximate surface area is 149 Å². The lowest BCUT2D eigenvalue weighted by Crippen LogP contribution is -2.56. The highest BCUT2D eigenvalue weighted by atomic mass is 16.2. The molecule has 1 N–H and O–H groups in total. The van der Waals surface area contributed by atoms with E-state index in [9.17, 15) is 9.59 Å². The van der Waals surface area contributed by atoms with Crippen LogP contribution in [0.2, 0.25) is 0 Å². The SMILES string of the molecule is C=CC(=O)Nc1ccc(C(=O)N(C)C2C3CC4CC(C3)CC2C4)cc1. The van der Waals surface area contributed by atoms with Crippen LogP contribution in [0.5, 0.6) is 0 Å². The van der Waals surface area contributed by atoms with Gasteiger partial charge in [-0.05, 0) is 86.1 Å². The van der Waals surface area contributed by atoms with Gasteiger partial charge in [0.2, 0.25) is 5.91 Å². The fourth-order valence-corrected chi connectivity index (χ4v) is 5.76. The van der Waals surface area contributed by atoms with E-state index >= 15 is 0 Å². The summed E-state index contributed by atoms with van der Waals surface area (Å²) in [5, 5.41) is 2.71. The van der Waals surface area contributed by atoms with E-state index in [1.54, 1.807) is 24.3 Å². The standard InChI is InChI=1S/C21H26N2O2/c1-3-19(24)22-18-6-4-15(5-7-18)21(25)23(2)20-16-9-13-8-14(11-16)12-17(20)10-13/h3-7,13-14,16-17,20H,1,8-12H2,2H3,(H,22,24). The van der Waals surface area contributed by atoms with E-state index in [2.05, 4.69) is 11.9 Å². The Bertz CT molecular complexity index is 666. The molecule has 2 amide bonds. The number of carbonyl (C=O) groups excluding carboxylic acids is 2. The van der Waals surface area contributed by atoms with Gasteiger partial charge in [0.15, 0.2) is 0 Å². The number of carbonyl (C=O) groups is 2. The second-order valence-electron chi connectivity index (χ2n) is 8.11. The maximum atomic E-state index is 13.0. The number of amides is 2. The molecule has 0 saturated heterocycles. The summed E-state index contributed by atoms with van der Waals surface area (Å²) >= 11 is 0. The molecular weight excluding hydrogens is 312 g/mol. The first kappa shape index (κ1) is 16.4. The van der Waals surface area contributed by atoms with Crippen molar-refractivity contribution in [3.63, 3.8) is 0 Å². The van der Waals surface area contributed by atoms with Gasteiger partial charge in [0.25, 0.3) is 5.91 Å². The van der Waals surface area contributed by atoms with Crippen LogP contribution >= 0.6 is 0 Å². The van der Waals surface area contributed by atoms with Crippen molar-refractivity contribution in [2.75, 3.05) is 12.4 Å². The molecule has 0 atom stereocenters. The first-order chi connectivity index (χ1) is 12.0. The Morgan fingerprint density at radius 1 is 1.04 bits per heavy atom. The lowest BCUT2D eigenvalue weighted by molar-refractivity contribution is -0.111. The topological polar surface area (TPSA) is 49.4 Å². The van der Waals surface area contributed by atoms with Crippen molar-refractivity contribution < 1.29 is 9.59 Å². The average Bonchev–Trinajstić information content (AvgIpc) is 2.60. The van der Waals surface area contributed by atoms with Gasteiger partial charge in [-0.2, -0.15) is 0 Å². The molecule has 4 nitrogen and oxygen atoms in total. The molecule has 0 radical (unpaired) electrons. The molecule has 4 bridgehead atoms. The van der Waals surface area contributed by atoms with Gasteiger partial charge in [-0.15, -0.1) is 0 Å². The molecule has 5 rings (SSSR count). The van der Waals surface area contributed by atoms with E-state index in [-0.39, 0.29) is 11.8 Å². The molecule has 4 saturated carbocycles. The lowest BCUT2D eigenvalue weighted by Gasteiger charge is -2.56. The van der Waals surface area contributed by atoms with Crippen molar-refractivity contribution in [3.05, 3.63) is 42.5 Å². The van der Waals surface area contributed by atoms with E-state index in [1.165, 1.54) is 38.2 Å². The zero-order valence-corrected chi connectivity index (χ0v) is 14.8. The number of nitrogens with one attached hydrogen (secondary N) is 1. The molecule has 25 heavy (non-hydrogen) atoms. The van der Waals surface area contributed by atoms with Crippen LogP contribution in [0, 0.1) is 23.7 Å². The van der Waals surface area contributed by atoms with Gasteiger partial charge in [-0.1, -0.05) is 6.58 Å². The van der Waals surface area contributed by atoms with Crippen molar-refractivity contribution in [1.29, 1.82) is 0 Å². The van der Waals surface area contributed by atoms with Gasteiger partial charge in [0, 0.05) is 24.3 Å². The zero-order valence-electron chi connectivity index (χ0n) is 14.8. The van der Waals surface area contributed by atoms with E-state index in [0.29, 0.717) is 29.1 Å². The molecule has 4 heteroatoms. The lowest BCUT2D eigenvalue weighted by atomic mass is 9.54. The number of benzene rings is 1. The van der Waals surface area contributed by atoms with Crippen LogP contribution in [-0.4, -0.2) is 29.8 Å². The molecule has 0 heterocycles. The van der Waals surface area contributed by atoms with Gasteiger partial charge < -0.3 is 10.2 Å². The van der Waals surface area contributed by atoms with E-state index < -0.39 is 0 Å². The third-order valence-corrected chi connectivity index (χ3v) is 6.53. The van der Waals surface area contributed by atoms with Crippen molar-refractivity contribution >= 4 is 17.5 Å². The van der Waals surface area contributed by atoms with Gasteiger partial charge in [-0.25, -0.2) is 0 Å². The Morgan fingerprint density at radius 2 is 1.60 bits per heavy atom. The molecule has 1 aromatic carbocycles. The van der Waals surface area contributed by atoms with Gasteiger partial charge in [0.1, 0.15) is 0 Å². The number of anilines is 1. The Balaban J connectivity index is 1.47.